The molecule has 0 saturated carbocycles. The Balaban J connectivity index is 1.27. The minimum absolute atomic E-state index is 0.292. The Morgan fingerprint density at radius 3 is 2.82 bits per heavy atom. The third-order valence-electron chi connectivity index (χ3n) is 5.62. The molecule has 0 unspecified atom stereocenters. The molecule has 9 nitrogen and oxygen atoms in total. The van der Waals surface area contributed by atoms with E-state index in [1.54, 1.807) is 25.6 Å². The zero-order valence-corrected chi connectivity index (χ0v) is 18.2. The van der Waals surface area contributed by atoms with Gasteiger partial charge >= 0.3 is 0 Å². The number of rotatable bonds is 8. The van der Waals surface area contributed by atoms with Crippen LogP contribution in [0.5, 0.6) is 11.5 Å². The van der Waals surface area contributed by atoms with Crippen molar-refractivity contribution < 1.29 is 13.9 Å². The van der Waals surface area contributed by atoms with Gasteiger partial charge in [0.2, 0.25) is 0 Å². The van der Waals surface area contributed by atoms with Gasteiger partial charge in [0.15, 0.2) is 11.5 Å². The van der Waals surface area contributed by atoms with Crippen molar-refractivity contribution >= 4 is 22.4 Å². The summed E-state index contributed by atoms with van der Waals surface area (Å²) in [4.78, 5) is 11.1. The van der Waals surface area contributed by atoms with Crippen LogP contribution in [0.4, 0.5) is 15.9 Å². The SMILES string of the molecule is COc1cc2ncnc(Nc3ccc(F)cc3)c2cc1OCCCN1CCn2cnnc2C1. The van der Waals surface area contributed by atoms with Crippen molar-refractivity contribution in [1.29, 1.82) is 0 Å². The van der Waals surface area contributed by atoms with Crippen LogP contribution >= 0.6 is 0 Å². The normalized spacial score (nSPS) is 13.6. The maximum atomic E-state index is 13.2. The lowest BCUT2D eigenvalue weighted by Gasteiger charge is -2.26. The molecule has 0 bridgehead atoms. The van der Waals surface area contributed by atoms with E-state index in [4.69, 9.17) is 9.47 Å². The first-order chi connectivity index (χ1) is 16.2. The zero-order chi connectivity index (χ0) is 22.6. The van der Waals surface area contributed by atoms with E-state index in [2.05, 4.69) is 34.9 Å². The van der Waals surface area contributed by atoms with Crippen LogP contribution in [0.3, 0.4) is 0 Å². The lowest BCUT2D eigenvalue weighted by atomic mass is 10.2. The summed E-state index contributed by atoms with van der Waals surface area (Å²) in [5.74, 6) is 2.55. The predicted molar refractivity (Wildman–Crippen MR) is 121 cm³/mol. The topological polar surface area (TPSA) is 90.2 Å². The van der Waals surface area contributed by atoms with E-state index in [1.807, 2.05) is 12.1 Å². The van der Waals surface area contributed by atoms with Crippen LogP contribution < -0.4 is 14.8 Å². The van der Waals surface area contributed by atoms with Gasteiger partial charge in [-0.05, 0) is 36.8 Å². The van der Waals surface area contributed by atoms with Gasteiger partial charge in [0.25, 0.3) is 0 Å². The van der Waals surface area contributed by atoms with Gasteiger partial charge in [-0.15, -0.1) is 10.2 Å². The number of fused-ring (bicyclic) bond motifs is 2. The molecule has 10 heteroatoms. The fraction of sp³-hybridized carbons (Fsp3) is 0.304. The largest absolute Gasteiger partial charge is 0.493 e. The molecule has 1 aliphatic heterocycles. The molecule has 0 saturated heterocycles. The summed E-state index contributed by atoms with van der Waals surface area (Å²) >= 11 is 0. The van der Waals surface area contributed by atoms with Gasteiger partial charge in [-0.1, -0.05) is 0 Å². The Bertz CT molecular complexity index is 1250. The molecule has 0 amide bonds. The zero-order valence-electron chi connectivity index (χ0n) is 18.2. The first kappa shape index (κ1) is 21.1. The fourth-order valence-electron chi connectivity index (χ4n) is 3.88. The standard InChI is InChI=1S/C23H24FN7O2/c1-32-20-12-19-18(23(26-14-25-19)28-17-5-3-16(24)4-6-17)11-21(20)33-10-2-7-30-8-9-31-15-27-29-22(31)13-30/h3-6,11-12,14-15H,2,7-10,13H2,1H3,(H,25,26,28). The Kier molecular flexibility index (Phi) is 5.99. The third-order valence-corrected chi connectivity index (χ3v) is 5.62. The van der Waals surface area contributed by atoms with E-state index in [9.17, 15) is 4.39 Å². The molecule has 2 aromatic carbocycles. The van der Waals surface area contributed by atoms with E-state index in [0.29, 0.717) is 23.9 Å². The molecular formula is C23H24FN7O2. The Labute approximate surface area is 190 Å². The lowest BCUT2D eigenvalue weighted by Crippen LogP contribution is -2.34. The first-order valence-corrected chi connectivity index (χ1v) is 10.8. The highest BCUT2D eigenvalue weighted by Crippen LogP contribution is 2.34. The molecule has 0 aliphatic carbocycles. The fourth-order valence-corrected chi connectivity index (χ4v) is 3.88. The van der Waals surface area contributed by atoms with Gasteiger partial charge in [-0.25, -0.2) is 14.4 Å². The Hall–Kier alpha value is -3.79. The second-order valence-electron chi connectivity index (χ2n) is 7.79. The van der Waals surface area contributed by atoms with E-state index < -0.39 is 0 Å². The van der Waals surface area contributed by atoms with Crippen molar-refractivity contribution in [2.75, 3.05) is 32.1 Å². The predicted octanol–water partition coefficient (Wildman–Crippen LogP) is 3.40. The molecule has 5 rings (SSSR count). The molecular weight excluding hydrogens is 425 g/mol. The second-order valence-corrected chi connectivity index (χ2v) is 7.79. The number of anilines is 2. The number of methoxy groups -OCH3 is 1. The first-order valence-electron chi connectivity index (χ1n) is 10.8. The van der Waals surface area contributed by atoms with E-state index >= 15 is 0 Å². The van der Waals surface area contributed by atoms with Crippen molar-refractivity contribution in [1.82, 2.24) is 29.6 Å². The quantitative estimate of drug-likeness (QED) is 0.410. The van der Waals surface area contributed by atoms with Crippen molar-refractivity contribution in [2.24, 2.45) is 0 Å². The van der Waals surface area contributed by atoms with Gasteiger partial charge in [-0.3, -0.25) is 4.90 Å². The average Bonchev–Trinajstić information content (AvgIpc) is 3.31. The summed E-state index contributed by atoms with van der Waals surface area (Å²) in [6.45, 7) is 4.13. The van der Waals surface area contributed by atoms with Crippen molar-refractivity contribution in [3.05, 3.63) is 60.7 Å². The summed E-state index contributed by atoms with van der Waals surface area (Å²) in [6, 6.07) is 9.83. The Morgan fingerprint density at radius 1 is 1.09 bits per heavy atom. The minimum Gasteiger partial charge on any atom is -0.493 e. The molecule has 0 fully saturated rings. The van der Waals surface area contributed by atoms with Crippen LogP contribution in [0.1, 0.15) is 12.2 Å². The molecule has 2 aromatic heterocycles. The van der Waals surface area contributed by atoms with E-state index in [-0.39, 0.29) is 5.82 Å². The number of halogens is 1. The summed E-state index contributed by atoms with van der Waals surface area (Å²) in [7, 11) is 1.61. The van der Waals surface area contributed by atoms with Gasteiger partial charge in [0.1, 0.15) is 30.1 Å². The van der Waals surface area contributed by atoms with Gasteiger partial charge in [0, 0.05) is 36.8 Å². The number of hydrogen-bond donors (Lipinski definition) is 1. The minimum atomic E-state index is -0.292. The molecule has 0 spiro atoms. The summed E-state index contributed by atoms with van der Waals surface area (Å²) < 4.78 is 26.9. The number of aromatic nitrogens is 5. The number of ether oxygens (including phenoxy) is 2. The van der Waals surface area contributed by atoms with E-state index in [0.717, 1.165) is 55.0 Å². The third kappa shape index (κ3) is 4.70. The van der Waals surface area contributed by atoms with Crippen molar-refractivity contribution in [3.8, 4) is 11.5 Å². The lowest BCUT2D eigenvalue weighted by molar-refractivity contribution is 0.194. The maximum absolute atomic E-state index is 13.2. The summed E-state index contributed by atoms with van der Waals surface area (Å²) in [5.41, 5.74) is 1.45. The van der Waals surface area contributed by atoms with Gasteiger partial charge in [0.05, 0.1) is 25.8 Å². The summed E-state index contributed by atoms with van der Waals surface area (Å²) in [5, 5.41) is 12.1. The molecule has 33 heavy (non-hydrogen) atoms. The number of nitrogens with zero attached hydrogens (tertiary/aromatic N) is 6. The van der Waals surface area contributed by atoms with Crippen molar-refractivity contribution in [2.45, 2.75) is 19.5 Å². The molecule has 1 aliphatic rings. The number of hydrogen-bond acceptors (Lipinski definition) is 8. The highest BCUT2D eigenvalue weighted by molar-refractivity contribution is 5.93. The second kappa shape index (κ2) is 9.37. The molecule has 4 aromatic rings. The monoisotopic (exact) mass is 449 g/mol. The highest BCUT2D eigenvalue weighted by Gasteiger charge is 2.17. The van der Waals surface area contributed by atoms with Crippen LogP contribution in [-0.2, 0) is 13.1 Å². The van der Waals surface area contributed by atoms with Crippen LogP contribution in [0.25, 0.3) is 10.9 Å². The maximum Gasteiger partial charge on any atom is 0.162 e. The molecule has 0 atom stereocenters. The van der Waals surface area contributed by atoms with Crippen LogP contribution in [0.2, 0.25) is 0 Å². The highest BCUT2D eigenvalue weighted by atomic mass is 19.1. The molecule has 3 heterocycles. The van der Waals surface area contributed by atoms with Crippen LogP contribution in [-0.4, -0.2) is 56.4 Å². The van der Waals surface area contributed by atoms with Crippen LogP contribution in [0, 0.1) is 5.82 Å². The van der Waals surface area contributed by atoms with Gasteiger partial charge in [-0.2, -0.15) is 0 Å². The molecule has 1 N–H and O–H groups in total. The molecule has 170 valence electrons. The van der Waals surface area contributed by atoms with Crippen LogP contribution in [0.15, 0.2) is 49.1 Å². The van der Waals surface area contributed by atoms with Gasteiger partial charge < -0.3 is 19.4 Å². The number of benzene rings is 2. The summed E-state index contributed by atoms with van der Waals surface area (Å²) in [6.07, 6.45) is 4.12. The van der Waals surface area contributed by atoms with E-state index in [1.165, 1.54) is 18.5 Å². The smallest absolute Gasteiger partial charge is 0.162 e. The number of nitrogens with one attached hydrogen (secondary N) is 1. The average molecular weight is 449 g/mol. The van der Waals surface area contributed by atoms with Crippen molar-refractivity contribution in [3.63, 3.8) is 0 Å². The Morgan fingerprint density at radius 2 is 1.97 bits per heavy atom. The molecule has 0 radical (unpaired) electrons.